The molecule has 0 unspecified atom stereocenters. The Balaban J connectivity index is 1.62. The average molecular weight is 245 g/mol. The molecular weight excluding hydrogens is 222 g/mol. The van der Waals surface area contributed by atoms with Crippen molar-refractivity contribution in [1.29, 1.82) is 0 Å². The van der Waals surface area contributed by atoms with Gasteiger partial charge in [-0.25, -0.2) is 0 Å². The van der Waals surface area contributed by atoms with Crippen LogP contribution < -0.4 is 10.5 Å². The van der Waals surface area contributed by atoms with Gasteiger partial charge in [0.05, 0.1) is 6.61 Å². The molecule has 1 aromatic rings. The van der Waals surface area contributed by atoms with Gasteiger partial charge in [0.1, 0.15) is 5.75 Å². The Morgan fingerprint density at radius 2 is 2.00 bits per heavy atom. The van der Waals surface area contributed by atoms with Crippen LogP contribution in [0.15, 0.2) is 18.2 Å². The molecule has 1 aliphatic heterocycles. The molecule has 2 aliphatic rings. The van der Waals surface area contributed by atoms with E-state index < -0.39 is 0 Å². The summed E-state index contributed by atoms with van der Waals surface area (Å²) in [6.07, 6.45) is 9.73. The van der Waals surface area contributed by atoms with Gasteiger partial charge in [0.2, 0.25) is 0 Å². The van der Waals surface area contributed by atoms with Crippen LogP contribution in [0.5, 0.6) is 5.75 Å². The van der Waals surface area contributed by atoms with Crippen molar-refractivity contribution in [1.82, 2.24) is 0 Å². The third-order valence-corrected chi connectivity index (χ3v) is 4.51. The van der Waals surface area contributed by atoms with Crippen molar-refractivity contribution in [2.24, 2.45) is 5.73 Å². The van der Waals surface area contributed by atoms with Gasteiger partial charge in [-0.3, -0.25) is 0 Å². The number of ether oxygens (including phenoxy) is 1. The predicted molar refractivity (Wildman–Crippen MR) is 74.0 cm³/mol. The van der Waals surface area contributed by atoms with E-state index in [1.165, 1.54) is 43.2 Å². The minimum atomic E-state index is 0.105. The van der Waals surface area contributed by atoms with Crippen LogP contribution in [0, 0.1) is 0 Å². The fourth-order valence-electron chi connectivity index (χ4n) is 3.29. The molecule has 0 saturated heterocycles. The third kappa shape index (κ3) is 2.54. The normalized spacial score (nSPS) is 21.4. The second-order valence-corrected chi connectivity index (χ2v) is 5.96. The molecule has 0 aromatic heterocycles. The lowest BCUT2D eigenvalue weighted by Gasteiger charge is -2.33. The van der Waals surface area contributed by atoms with Gasteiger partial charge in [-0.2, -0.15) is 0 Å². The summed E-state index contributed by atoms with van der Waals surface area (Å²) in [5, 5.41) is 0. The molecule has 1 fully saturated rings. The van der Waals surface area contributed by atoms with E-state index in [2.05, 4.69) is 18.2 Å². The molecule has 2 heteroatoms. The van der Waals surface area contributed by atoms with E-state index in [-0.39, 0.29) is 5.54 Å². The highest BCUT2D eigenvalue weighted by molar-refractivity contribution is 5.39. The predicted octanol–water partition coefficient (Wildman–Crippen LogP) is 3.22. The molecule has 98 valence electrons. The molecule has 2 nitrogen and oxygen atoms in total. The maximum Gasteiger partial charge on any atom is 0.122 e. The van der Waals surface area contributed by atoms with E-state index in [1.807, 2.05) is 0 Å². The minimum Gasteiger partial charge on any atom is -0.493 e. The second-order valence-electron chi connectivity index (χ2n) is 5.96. The monoisotopic (exact) mass is 245 g/mol. The Hall–Kier alpha value is -1.02. The average Bonchev–Trinajstić information content (AvgIpc) is 2.85. The first-order chi connectivity index (χ1) is 8.75. The number of benzene rings is 1. The fourth-order valence-corrected chi connectivity index (χ4v) is 3.29. The molecule has 2 N–H and O–H groups in total. The van der Waals surface area contributed by atoms with Crippen LogP contribution in [0.1, 0.15) is 49.7 Å². The van der Waals surface area contributed by atoms with Crippen molar-refractivity contribution < 1.29 is 4.74 Å². The Kier molecular flexibility index (Phi) is 3.29. The van der Waals surface area contributed by atoms with Gasteiger partial charge in [-0.1, -0.05) is 31.4 Å². The molecule has 1 heterocycles. The third-order valence-electron chi connectivity index (χ3n) is 4.51. The molecule has 0 atom stereocenters. The summed E-state index contributed by atoms with van der Waals surface area (Å²) >= 11 is 0. The molecular formula is C16H23NO. The smallest absolute Gasteiger partial charge is 0.122 e. The van der Waals surface area contributed by atoms with Gasteiger partial charge >= 0.3 is 0 Å². The molecule has 0 amide bonds. The Morgan fingerprint density at radius 1 is 1.17 bits per heavy atom. The summed E-state index contributed by atoms with van der Waals surface area (Å²) < 4.78 is 5.54. The van der Waals surface area contributed by atoms with E-state index in [9.17, 15) is 0 Å². The minimum absolute atomic E-state index is 0.105. The van der Waals surface area contributed by atoms with Crippen LogP contribution in [0.2, 0.25) is 0 Å². The maximum atomic E-state index is 6.50. The van der Waals surface area contributed by atoms with E-state index in [0.717, 1.165) is 31.6 Å². The first kappa shape index (κ1) is 12.0. The molecule has 0 spiro atoms. The summed E-state index contributed by atoms with van der Waals surface area (Å²) in [6, 6.07) is 6.65. The highest BCUT2D eigenvalue weighted by Gasteiger charge is 2.26. The van der Waals surface area contributed by atoms with Crippen LogP contribution in [0.3, 0.4) is 0 Å². The molecule has 1 aliphatic carbocycles. The highest BCUT2D eigenvalue weighted by Crippen LogP contribution is 2.31. The second kappa shape index (κ2) is 4.93. The number of hydrogen-bond donors (Lipinski definition) is 1. The molecule has 1 aromatic carbocycles. The topological polar surface area (TPSA) is 35.2 Å². The first-order valence-corrected chi connectivity index (χ1v) is 7.29. The van der Waals surface area contributed by atoms with Crippen LogP contribution in [-0.2, 0) is 12.8 Å². The number of fused-ring (bicyclic) bond motifs is 1. The summed E-state index contributed by atoms with van der Waals surface area (Å²) in [5.74, 6) is 1.08. The zero-order valence-corrected chi connectivity index (χ0v) is 11.1. The van der Waals surface area contributed by atoms with Crippen molar-refractivity contribution in [2.75, 3.05) is 6.61 Å². The van der Waals surface area contributed by atoms with E-state index >= 15 is 0 Å². The quantitative estimate of drug-likeness (QED) is 0.887. The zero-order valence-electron chi connectivity index (χ0n) is 11.1. The lowest BCUT2D eigenvalue weighted by atomic mass is 9.79. The Labute approximate surface area is 110 Å². The van der Waals surface area contributed by atoms with Gasteiger partial charge < -0.3 is 10.5 Å². The molecule has 3 rings (SSSR count). The molecule has 18 heavy (non-hydrogen) atoms. The van der Waals surface area contributed by atoms with E-state index in [0.29, 0.717) is 0 Å². The lowest BCUT2D eigenvalue weighted by Crippen LogP contribution is -2.42. The van der Waals surface area contributed by atoms with Gasteiger partial charge in [0, 0.05) is 12.0 Å². The van der Waals surface area contributed by atoms with Crippen molar-refractivity contribution >= 4 is 0 Å². The SMILES string of the molecule is NC1(CCc2ccc3c(c2)CCO3)CCCCC1. The maximum absolute atomic E-state index is 6.50. The number of rotatable bonds is 3. The number of hydrogen-bond acceptors (Lipinski definition) is 2. The highest BCUT2D eigenvalue weighted by atomic mass is 16.5. The van der Waals surface area contributed by atoms with Gasteiger partial charge in [-0.05, 0) is 42.9 Å². The van der Waals surface area contributed by atoms with Crippen molar-refractivity contribution in [2.45, 2.75) is 56.9 Å². The van der Waals surface area contributed by atoms with Crippen LogP contribution in [0.25, 0.3) is 0 Å². The van der Waals surface area contributed by atoms with Gasteiger partial charge in [0.15, 0.2) is 0 Å². The van der Waals surface area contributed by atoms with Gasteiger partial charge in [-0.15, -0.1) is 0 Å². The zero-order chi connectivity index (χ0) is 12.4. The summed E-state index contributed by atoms with van der Waals surface area (Å²) in [6.45, 7) is 0.847. The summed E-state index contributed by atoms with van der Waals surface area (Å²) in [7, 11) is 0. The van der Waals surface area contributed by atoms with Crippen molar-refractivity contribution in [3.05, 3.63) is 29.3 Å². The standard InChI is InChI=1S/C16H23NO/c17-16(8-2-1-3-9-16)10-6-13-4-5-15-14(12-13)7-11-18-15/h4-5,12H,1-3,6-11,17H2. The van der Waals surface area contributed by atoms with Gasteiger partial charge in [0.25, 0.3) is 0 Å². The van der Waals surface area contributed by atoms with E-state index in [1.54, 1.807) is 0 Å². The largest absolute Gasteiger partial charge is 0.493 e. The van der Waals surface area contributed by atoms with Crippen LogP contribution >= 0.6 is 0 Å². The first-order valence-electron chi connectivity index (χ1n) is 7.29. The summed E-state index contributed by atoms with van der Waals surface area (Å²) in [4.78, 5) is 0. The number of aryl methyl sites for hydroxylation is 1. The van der Waals surface area contributed by atoms with Crippen LogP contribution in [0.4, 0.5) is 0 Å². The fraction of sp³-hybridized carbons (Fsp3) is 0.625. The van der Waals surface area contributed by atoms with Crippen molar-refractivity contribution in [3.8, 4) is 5.75 Å². The van der Waals surface area contributed by atoms with Crippen LogP contribution in [-0.4, -0.2) is 12.1 Å². The van der Waals surface area contributed by atoms with Crippen molar-refractivity contribution in [3.63, 3.8) is 0 Å². The molecule has 0 radical (unpaired) electrons. The molecule has 0 bridgehead atoms. The van der Waals surface area contributed by atoms with E-state index in [4.69, 9.17) is 10.5 Å². The Morgan fingerprint density at radius 3 is 2.83 bits per heavy atom. The summed E-state index contributed by atoms with van der Waals surface area (Å²) in [5.41, 5.74) is 9.40. The number of nitrogens with two attached hydrogens (primary N) is 1. The Bertz CT molecular complexity index is 421. The lowest BCUT2D eigenvalue weighted by molar-refractivity contribution is 0.278. The molecule has 1 saturated carbocycles.